The Hall–Kier alpha value is -3.37. The summed E-state index contributed by atoms with van der Waals surface area (Å²) in [5, 5.41) is 14.6. The Labute approximate surface area is 189 Å². The van der Waals surface area contributed by atoms with Gasteiger partial charge >= 0.3 is 0 Å². The number of hydrogen-bond acceptors (Lipinski definition) is 7. The van der Waals surface area contributed by atoms with Gasteiger partial charge in [0.15, 0.2) is 0 Å². The second-order valence-electron chi connectivity index (χ2n) is 7.57. The fourth-order valence-electron chi connectivity index (χ4n) is 3.84. The monoisotopic (exact) mass is 454 g/mol. The van der Waals surface area contributed by atoms with E-state index in [0.717, 1.165) is 17.7 Å². The number of halogens is 1. The molecular formula is C21H23ClN8O2. The van der Waals surface area contributed by atoms with Crippen molar-refractivity contribution in [1.29, 1.82) is 0 Å². The lowest BCUT2D eigenvalue weighted by Gasteiger charge is -2.26. The number of benzene rings is 1. The number of nitrogens with one attached hydrogen (secondary N) is 1. The zero-order valence-electron chi connectivity index (χ0n) is 17.3. The average Bonchev–Trinajstić information content (AvgIpc) is 3.50. The first kappa shape index (κ1) is 21.8. The van der Waals surface area contributed by atoms with E-state index in [0.29, 0.717) is 30.1 Å². The quantitative estimate of drug-likeness (QED) is 0.541. The Morgan fingerprint density at radius 3 is 2.91 bits per heavy atom. The third-order valence-corrected chi connectivity index (χ3v) is 5.64. The SMILES string of the molecule is N[C@H](Cc1ccccn1)C(=O)N1CCC[C@H]1C(=O)NCc1cc(Cl)ccc1-n1cnnn1. The van der Waals surface area contributed by atoms with Crippen LogP contribution in [0.25, 0.3) is 5.69 Å². The van der Waals surface area contributed by atoms with Crippen LogP contribution in [0.1, 0.15) is 24.1 Å². The number of pyridine rings is 1. The molecule has 10 nitrogen and oxygen atoms in total. The Morgan fingerprint density at radius 1 is 1.28 bits per heavy atom. The number of aromatic nitrogens is 5. The first-order valence-corrected chi connectivity index (χ1v) is 10.7. The Morgan fingerprint density at radius 2 is 2.16 bits per heavy atom. The number of carbonyl (C=O) groups is 2. The first-order chi connectivity index (χ1) is 15.5. The largest absolute Gasteiger partial charge is 0.350 e. The summed E-state index contributed by atoms with van der Waals surface area (Å²) in [6.45, 7) is 0.715. The van der Waals surface area contributed by atoms with Gasteiger partial charge in [0.05, 0.1) is 11.7 Å². The number of nitrogens with two attached hydrogens (primary N) is 1. The van der Waals surface area contributed by atoms with Crippen LogP contribution in [-0.4, -0.2) is 60.5 Å². The van der Waals surface area contributed by atoms with E-state index >= 15 is 0 Å². The van der Waals surface area contributed by atoms with E-state index in [2.05, 4.69) is 25.8 Å². The minimum atomic E-state index is -0.752. The minimum absolute atomic E-state index is 0.215. The standard InChI is InChI=1S/C21H23ClN8O2/c22-15-6-7-18(30-13-26-27-28-30)14(10-15)12-25-20(31)19-5-3-9-29(19)21(32)17(23)11-16-4-1-2-8-24-16/h1-2,4,6-8,10,13,17,19H,3,5,9,11-12,23H2,(H,25,31)/t17-,19+/m1/s1. The maximum absolute atomic E-state index is 13.0. The summed E-state index contributed by atoms with van der Waals surface area (Å²) in [6.07, 6.45) is 4.78. The molecule has 32 heavy (non-hydrogen) atoms. The van der Waals surface area contributed by atoms with Crippen molar-refractivity contribution in [3.05, 3.63) is 65.2 Å². The zero-order valence-corrected chi connectivity index (χ0v) is 18.0. The van der Waals surface area contributed by atoms with Crippen molar-refractivity contribution in [3.8, 4) is 5.69 Å². The summed E-state index contributed by atoms with van der Waals surface area (Å²) >= 11 is 6.14. The van der Waals surface area contributed by atoms with E-state index in [1.807, 2.05) is 18.2 Å². The van der Waals surface area contributed by atoms with Crippen molar-refractivity contribution in [2.45, 2.75) is 37.9 Å². The summed E-state index contributed by atoms with van der Waals surface area (Å²) < 4.78 is 1.50. The van der Waals surface area contributed by atoms with Crippen LogP contribution in [0, 0.1) is 0 Å². The molecule has 1 aromatic carbocycles. The van der Waals surface area contributed by atoms with Crippen LogP contribution in [-0.2, 0) is 22.6 Å². The Bertz CT molecular complexity index is 1080. The molecule has 2 aromatic heterocycles. The number of carbonyl (C=O) groups excluding carboxylic acids is 2. The molecule has 0 unspecified atom stereocenters. The highest BCUT2D eigenvalue weighted by Crippen LogP contribution is 2.21. The van der Waals surface area contributed by atoms with Gasteiger partial charge in [0.25, 0.3) is 0 Å². The second kappa shape index (κ2) is 9.84. The van der Waals surface area contributed by atoms with Crippen LogP contribution in [0.15, 0.2) is 48.9 Å². The molecule has 11 heteroatoms. The van der Waals surface area contributed by atoms with Gasteiger partial charge in [-0.1, -0.05) is 17.7 Å². The number of nitrogens with zero attached hydrogens (tertiary/aromatic N) is 6. The van der Waals surface area contributed by atoms with Crippen LogP contribution in [0.2, 0.25) is 5.02 Å². The number of hydrogen-bond donors (Lipinski definition) is 2. The number of amides is 2. The van der Waals surface area contributed by atoms with Gasteiger partial charge in [-0.05, 0) is 59.2 Å². The number of likely N-dealkylation sites (tertiary alicyclic amines) is 1. The van der Waals surface area contributed by atoms with Crippen molar-refractivity contribution in [2.75, 3.05) is 6.54 Å². The Balaban J connectivity index is 1.41. The maximum atomic E-state index is 13.0. The smallest absolute Gasteiger partial charge is 0.243 e. The van der Waals surface area contributed by atoms with Gasteiger partial charge in [-0.15, -0.1) is 5.10 Å². The molecule has 166 valence electrons. The van der Waals surface area contributed by atoms with Gasteiger partial charge < -0.3 is 16.0 Å². The molecule has 0 radical (unpaired) electrons. The molecule has 2 atom stereocenters. The maximum Gasteiger partial charge on any atom is 0.243 e. The van der Waals surface area contributed by atoms with E-state index in [1.165, 1.54) is 11.0 Å². The van der Waals surface area contributed by atoms with Gasteiger partial charge in [0.2, 0.25) is 11.8 Å². The molecule has 0 saturated carbocycles. The van der Waals surface area contributed by atoms with Crippen LogP contribution in [0.5, 0.6) is 0 Å². The molecule has 1 aliphatic rings. The van der Waals surface area contributed by atoms with Crippen molar-refractivity contribution < 1.29 is 9.59 Å². The highest BCUT2D eigenvalue weighted by molar-refractivity contribution is 6.30. The number of rotatable bonds is 7. The van der Waals surface area contributed by atoms with Gasteiger partial charge in [-0.2, -0.15) is 0 Å². The lowest BCUT2D eigenvalue weighted by molar-refractivity contribution is -0.139. The summed E-state index contributed by atoms with van der Waals surface area (Å²) in [5.74, 6) is -0.478. The third-order valence-electron chi connectivity index (χ3n) is 5.40. The molecule has 1 fully saturated rings. The van der Waals surface area contributed by atoms with E-state index in [9.17, 15) is 9.59 Å². The third kappa shape index (κ3) is 4.92. The predicted molar refractivity (Wildman–Crippen MR) is 117 cm³/mol. The highest BCUT2D eigenvalue weighted by Gasteiger charge is 2.36. The molecule has 3 aromatic rings. The molecule has 1 saturated heterocycles. The molecular weight excluding hydrogens is 432 g/mol. The molecule has 3 N–H and O–H groups in total. The molecule has 0 aliphatic carbocycles. The fraction of sp³-hybridized carbons (Fsp3) is 0.333. The lowest BCUT2D eigenvalue weighted by atomic mass is 10.1. The van der Waals surface area contributed by atoms with Crippen LogP contribution in [0.4, 0.5) is 0 Å². The van der Waals surface area contributed by atoms with Crippen LogP contribution >= 0.6 is 11.6 Å². The van der Waals surface area contributed by atoms with Crippen molar-refractivity contribution >= 4 is 23.4 Å². The topological polar surface area (TPSA) is 132 Å². The molecule has 2 amide bonds. The van der Waals surface area contributed by atoms with Gasteiger partial charge in [0, 0.05) is 36.4 Å². The van der Waals surface area contributed by atoms with Crippen LogP contribution < -0.4 is 11.1 Å². The minimum Gasteiger partial charge on any atom is -0.350 e. The van der Waals surface area contributed by atoms with Crippen LogP contribution in [0.3, 0.4) is 0 Å². The van der Waals surface area contributed by atoms with E-state index in [4.69, 9.17) is 17.3 Å². The molecule has 1 aliphatic heterocycles. The molecule has 0 bridgehead atoms. The summed E-state index contributed by atoms with van der Waals surface area (Å²) in [6, 6.07) is 9.43. The summed E-state index contributed by atoms with van der Waals surface area (Å²) in [7, 11) is 0. The van der Waals surface area contributed by atoms with E-state index in [1.54, 1.807) is 29.3 Å². The number of tetrazole rings is 1. The lowest BCUT2D eigenvalue weighted by Crippen LogP contribution is -2.51. The molecule has 4 rings (SSSR count). The normalized spacial score (nSPS) is 16.7. The van der Waals surface area contributed by atoms with Crippen molar-refractivity contribution in [3.63, 3.8) is 0 Å². The fourth-order valence-corrected chi connectivity index (χ4v) is 4.03. The van der Waals surface area contributed by atoms with Crippen molar-refractivity contribution in [1.82, 2.24) is 35.4 Å². The van der Waals surface area contributed by atoms with Gasteiger partial charge in [0.1, 0.15) is 12.4 Å². The zero-order chi connectivity index (χ0) is 22.5. The predicted octanol–water partition coefficient (Wildman–Crippen LogP) is 0.888. The van der Waals surface area contributed by atoms with Gasteiger partial charge in [-0.25, -0.2) is 4.68 Å². The average molecular weight is 455 g/mol. The van der Waals surface area contributed by atoms with Gasteiger partial charge in [-0.3, -0.25) is 14.6 Å². The summed E-state index contributed by atoms with van der Waals surface area (Å²) in [5.41, 5.74) is 8.34. The first-order valence-electron chi connectivity index (χ1n) is 10.3. The highest BCUT2D eigenvalue weighted by atomic mass is 35.5. The van der Waals surface area contributed by atoms with Crippen molar-refractivity contribution in [2.24, 2.45) is 5.73 Å². The Kier molecular flexibility index (Phi) is 6.72. The van der Waals surface area contributed by atoms with E-state index in [-0.39, 0.29) is 18.4 Å². The molecule has 3 heterocycles. The second-order valence-corrected chi connectivity index (χ2v) is 8.00. The summed E-state index contributed by atoms with van der Waals surface area (Å²) in [4.78, 5) is 31.7. The molecule has 0 spiro atoms. The van der Waals surface area contributed by atoms with E-state index < -0.39 is 12.1 Å².